The molecular formula is C18H14ClFN2O6. The molecule has 3 rings (SSSR count). The number of hydrogen-bond donors (Lipinski definition) is 2. The van der Waals surface area contributed by atoms with Crippen molar-refractivity contribution in [1.82, 2.24) is 5.32 Å². The van der Waals surface area contributed by atoms with Crippen molar-refractivity contribution in [2.75, 3.05) is 25.1 Å². The minimum Gasteiger partial charge on any atom is -0.486 e. The van der Waals surface area contributed by atoms with Crippen LogP contribution in [0.4, 0.5) is 14.9 Å². The number of esters is 1. The fourth-order valence-corrected chi connectivity index (χ4v) is 2.55. The Morgan fingerprint density at radius 2 is 1.82 bits per heavy atom. The smallest absolute Gasteiger partial charge is 0.340 e. The first-order valence-electron chi connectivity index (χ1n) is 8.05. The van der Waals surface area contributed by atoms with Crippen molar-refractivity contribution in [3.8, 4) is 11.5 Å². The normalized spacial score (nSPS) is 12.1. The van der Waals surface area contributed by atoms with Crippen molar-refractivity contribution in [2.24, 2.45) is 0 Å². The summed E-state index contributed by atoms with van der Waals surface area (Å²) in [6, 6.07) is 7.04. The molecule has 1 aliphatic rings. The molecule has 3 amide bonds. The van der Waals surface area contributed by atoms with Crippen LogP contribution in [0.1, 0.15) is 10.4 Å². The Kier molecular flexibility index (Phi) is 5.95. The SMILES string of the molecule is O=C(COC(=O)c1ccc(F)cc1Cl)NC(=O)Nc1ccc2c(c1)OCCO2. The standard InChI is InChI=1S/C18H14ClFN2O6/c19-13-7-10(20)1-3-12(13)17(24)28-9-16(23)22-18(25)21-11-2-4-14-15(8-11)27-6-5-26-14/h1-4,7-8H,5-6,9H2,(H2,21,22,23,25). The number of benzene rings is 2. The highest BCUT2D eigenvalue weighted by atomic mass is 35.5. The molecule has 0 atom stereocenters. The Morgan fingerprint density at radius 1 is 1.07 bits per heavy atom. The maximum Gasteiger partial charge on any atom is 0.340 e. The van der Waals surface area contributed by atoms with E-state index in [0.29, 0.717) is 30.4 Å². The maximum atomic E-state index is 13.0. The molecule has 10 heteroatoms. The lowest BCUT2D eigenvalue weighted by molar-refractivity contribution is -0.123. The topological polar surface area (TPSA) is 103 Å². The van der Waals surface area contributed by atoms with Gasteiger partial charge in [0.2, 0.25) is 0 Å². The van der Waals surface area contributed by atoms with Crippen LogP contribution in [0, 0.1) is 5.82 Å². The third-order valence-electron chi connectivity index (χ3n) is 3.54. The van der Waals surface area contributed by atoms with Gasteiger partial charge in [-0.05, 0) is 30.3 Å². The zero-order chi connectivity index (χ0) is 20.1. The summed E-state index contributed by atoms with van der Waals surface area (Å²) < 4.78 is 28.5. The minimum absolute atomic E-state index is 0.100. The van der Waals surface area contributed by atoms with Crippen molar-refractivity contribution in [3.05, 3.63) is 52.8 Å². The number of amides is 3. The number of fused-ring (bicyclic) bond motifs is 1. The quantitative estimate of drug-likeness (QED) is 0.754. The van der Waals surface area contributed by atoms with Gasteiger partial charge in [-0.15, -0.1) is 0 Å². The number of halogens is 2. The average molecular weight is 409 g/mol. The molecule has 2 aromatic carbocycles. The molecule has 0 radical (unpaired) electrons. The van der Waals surface area contributed by atoms with Gasteiger partial charge in [-0.3, -0.25) is 10.1 Å². The van der Waals surface area contributed by atoms with Gasteiger partial charge in [0.25, 0.3) is 5.91 Å². The predicted molar refractivity (Wildman–Crippen MR) is 96.3 cm³/mol. The summed E-state index contributed by atoms with van der Waals surface area (Å²) in [7, 11) is 0. The molecule has 0 unspecified atom stereocenters. The van der Waals surface area contributed by atoms with Gasteiger partial charge in [0.1, 0.15) is 19.0 Å². The molecule has 0 fully saturated rings. The number of carbonyl (C=O) groups is 3. The van der Waals surface area contributed by atoms with Crippen LogP contribution in [0.3, 0.4) is 0 Å². The number of imide groups is 1. The number of hydrogen-bond acceptors (Lipinski definition) is 6. The molecule has 1 aliphatic heterocycles. The first-order valence-corrected chi connectivity index (χ1v) is 8.43. The zero-order valence-electron chi connectivity index (χ0n) is 14.3. The van der Waals surface area contributed by atoms with E-state index in [1.807, 2.05) is 5.32 Å². The first-order chi connectivity index (χ1) is 13.4. The lowest BCUT2D eigenvalue weighted by Crippen LogP contribution is -2.37. The molecule has 0 spiro atoms. The highest BCUT2D eigenvalue weighted by Crippen LogP contribution is 2.32. The van der Waals surface area contributed by atoms with E-state index in [1.54, 1.807) is 18.2 Å². The Balaban J connectivity index is 1.49. The van der Waals surface area contributed by atoms with E-state index in [2.05, 4.69) is 5.32 Å². The van der Waals surface area contributed by atoms with Crippen LogP contribution < -0.4 is 20.1 Å². The highest BCUT2D eigenvalue weighted by molar-refractivity contribution is 6.33. The molecule has 0 saturated carbocycles. The Morgan fingerprint density at radius 3 is 2.57 bits per heavy atom. The van der Waals surface area contributed by atoms with Crippen LogP contribution >= 0.6 is 11.6 Å². The molecule has 2 N–H and O–H groups in total. The largest absolute Gasteiger partial charge is 0.486 e. The highest BCUT2D eigenvalue weighted by Gasteiger charge is 2.17. The summed E-state index contributed by atoms with van der Waals surface area (Å²) in [5, 5.41) is 4.30. The van der Waals surface area contributed by atoms with E-state index in [4.69, 9.17) is 25.8 Å². The number of carbonyl (C=O) groups excluding carboxylic acids is 3. The number of nitrogens with one attached hydrogen (secondary N) is 2. The van der Waals surface area contributed by atoms with E-state index >= 15 is 0 Å². The van der Waals surface area contributed by atoms with Crippen LogP contribution in [0.5, 0.6) is 11.5 Å². The molecule has 2 aromatic rings. The summed E-state index contributed by atoms with van der Waals surface area (Å²) in [6.07, 6.45) is 0. The van der Waals surface area contributed by atoms with E-state index < -0.39 is 30.3 Å². The monoisotopic (exact) mass is 408 g/mol. The number of anilines is 1. The van der Waals surface area contributed by atoms with Gasteiger partial charge >= 0.3 is 12.0 Å². The Hall–Kier alpha value is -3.33. The Bertz CT molecular complexity index is 936. The third kappa shape index (κ3) is 4.89. The summed E-state index contributed by atoms with van der Waals surface area (Å²) in [5.41, 5.74) is 0.279. The van der Waals surface area contributed by atoms with Crippen molar-refractivity contribution in [2.45, 2.75) is 0 Å². The first kappa shape index (κ1) is 19.4. The van der Waals surface area contributed by atoms with Gasteiger partial charge in [0.15, 0.2) is 18.1 Å². The predicted octanol–water partition coefficient (Wildman–Crippen LogP) is 2.76. The van der Waals surface area contributed by atoms with Gasteiger partial charge in [-0.1, -0.05) is 11.6 Å². The molecule has 0 aromatic heterocycles. The second-order valence-electron chi connectivity index (χ2n) is 5.56. The molecule has 0 bridgehead atoms. The number of rotatable bonds is 4. The van der Waals surface area contributed by atoms with Gasteiger partial charge in [0.05, 0.1) is 10.6 Å². The van der Waals surface area contributed by atoms with E-state index in [9.17, 15) is 18.8 Å². The van der Waals surface area contributed by atoms with Gasteiger partial charge in [0, 0.05) is 11.8 Å². The minimum atomic E-state index is -0.924. The molecule has 8 nitrogen and oxygen atoms in total. The lowest BCUT2D eigenvalue weighted by atomic mass is 10.2. The summed E-state index contributed by atoms with van der Waals surface area (Å²) in [4.78, 5) is 35.5. The molecule has 0 saturated heterocycles. The van der Waals surface area contributed by atoms with E-state index in [0.717, 1.165) is 18.2 Å². The van der Waals surface area contributed by atoms with Crippen molar-refractivity contribution < 1.29 is 33.0 Å². The van der Waals surface area contributed by atoms with Crippen molar-refractivity contribution in [3.63, 3.8) is 0 Å². The summed E-state index contributed by atoms with van der Waals surface area (Å²) >= 11 is 5.74. The van der Waals surface area contributed by atoms with Gasteiger partial charge < -0.3 is 19.5 Å². The fraction of sp³-hybridized carbons (Fsp3) is 0.167. The molecule has 28 heavy (non-hydrogen) atoms. The number of ether oxygens (including phenoxy) is 3. The fourth-order valence-electron chi connectivity index (χ4n) is 2.31. The molecule has 1 heterocycles. The number of urea groups is 1. The Labute approximate surface area is 163 Å². The van der Waals surface area contributed by atoms with Crippen LogP contribution in [-0.2, 0) is 9.53 Å². The van der Waals surface area contributed by atoms with Gasteiger partial charge in [-0.2, -0.15) is 0 Å². The van der Waals surface area contributed by atoms with Crippen LogP contribution in [0.15, 0.2) is 36.4 Å². The van der Waals surface area contributed by atoms with Crippen LogP contribution in [0.2, 0.25) is 5.02 Å². The van der Waals surface area contributed by atoms with Crippen molar-refractivity contribution >= 4 is 35.2 Å². The average Bonchev–Trinajstić information content (AvgIpc) is 2.66. The zero-order valence-corrected chi connectivity index (χ0v) is 15.0. The molecule has 146 valence electrons. The van der Waals surface area contributed by atoms with E-state index in [1.165, 1.54) is 0 Å². The van der Waals surface area contributed by atoms with Crippen LogP contribution in [-0.4, -0.2) is 37.7 Å². The summed E-state index contributed by atoms with van der Waals surface area (Å²) in [6.45, 7) is 0.113. The van der Waals surface area contributed by atoms with E-state index in [-0.39, 0.29) is 10.6 Å². The maximum absolute atomic E-state index is 13.0. The molecule has 0 aliphatic carbocycles. The van der Waals surface area contributed by atoms with Gasteiger partial charge in [-0.25, -0.2) is 14.0 Å². The third-order valence-corrected chi connectivity index (χ3v) is 3.85. The van der Waals surface area contributed by atoms with Crippen LogP contribution in [0.25, 0.3) is 0 Å². The molecular weight excluding hydrogens is 395 g/mol. The summed E-state index contributed by atoms with van der Waals surface area (Å²) in [5.74, 6) is -1.37. The lowest BCUT2D eigenvalue weighted by Gasteiger charge is -2.19. The van der Waals surface area contributed by atoms with Crippen molar-refractivity contribution in [1.29, 1.82) is 0 Å². The second kappa shape index (κ2) is 8.57. The second-order valence-corrected chi connectivity index (χ2v) is 5.97.